The maximum atomic E-state index is 12.3. The molecule has 0 amide bonds. The number of hydrogen-bond acceptors (Lipinski definition) is 4. The molecule has 3 aromatic rings. The maximum absolute atomic E-state index is 12.3. The molecule has 0 fully saturated rings. The summed E-state index contributed by atoms with van der Waals surface area (Å²) in [6, 6.07) is 9.73. The van der Waals surface area contributed by atoms with E-state index < -0.39 is 22.8 Å². The highest BCUT2D eigenvalue weighted by Crippen LogP contribution is 2.47. The topological polar surface area (TPSA) is 76.7 Å². The van der Waals surface area contributed by atoms with Crippen molar-refractivity contribution in [2.45, 2.75) is 19.4 Å². The van der Waals surface area contributed by atoms with Gasteiger partial charge in [-0.25, -0.2) is 4.79 Å². The number of carbonyl (C=O) groups is 1. The molecule has 0 aliphatic carbocycles. The number of carboxylic acids is 1. The largest absolute Gasteiger partial charge is 0.482 e. The molecule has 1 N–H and O–H groups in total. The van der Waals surface area contributed by atoms with Crippen LogP contribution in [0.4, 0.5) is 0 Å². The summed E-state index contributed by atoms with van der Waals surface area (Å²) in [6.07, 6.45) is 0. The lowest BCUT2D eigenvalue weighted by atomic mass is 9.86. The highest BCUT2D eigenvalue weighted by atomic mass is 35.5. The summed E-state index contributed by atoms with van der Waals surface area (Å²) in [7, 11) is 0. The number of hydrogen-bond donors (Lipinski definition) is 1. The zero-order valence-electron chi connectivity index (χ0n) is 13.4. The lowest BCUT2D eigenvalue weighted by Crippen LogP contribution is -2.29. The van der Waals surface area contributed by atoms with Gasteiger partial charge in [-0.3, -0.25) is 4.79 Å². The molecular formula is C19H13ClO5. The van der Waals surface area contributed by atoms with E-state index in [1.165, 1.54) is 0 Å². The summed E-state index contributed by atoms with van der Waals surface area (Å²) in [5, 5.41) is 9.94. The van der Waals surface area contributed by atoms with Gasteiger partial charge in [-0.2, -0.15) is 0 Å². The van der Waals surface area contributed by atoms with Gasteiger partial charge in [-0.15, -0.1) is 0 Å². The van der Waals surface area contributed by atoms with Gasteiger partial charge in [-0.1, -0.05) is 17.7 Å². The normalized spacial score (nSPS) is 14.5. The van der Waals surface area contributed by atoms with E-state index in [4.69, 9.17) is 25.9 Å². The van der Waals surface area contributed by atoms with E-state index in [1.807, 2.05) is 26.0 Å². The average Bonchev–Trinajstić information content (AvgIpc) is 2.52. The van der Waals surface area contributed by atoms with Crippen LogP contribution in [-0.2, 0) is 5.60 Å². The molecule has 2 heterocycles. The third-order valence-corrected chi connectivity index (χ3v) is 4.56. The Morgan fingerprint density at radius 2 is 1.88 bits per heavy atom. The molecule has 5 nitrogen and oxygen atoms in total. The third kappa shape index (κ3) is 2.39. The van der Waals surface area contributed by atoms with Crippen LogP contribution in [0, 0.1) is 0 Å². The third-order valence-electron chi connectivity index (χ3n) is 4.33. The van der Waals surface area contributed by atoms with Crippen molar-refractivity contribution in [3.63, 3.8) is 0 Å². The Hall–Kier alpha value is -2.79. The molecule has 0 atom stereocenters. The van der Waals surface area contributed by atoms with E-state index in [-0.39, 0.29) is 11.0 Å². The minimum atomic E-state index is -1.30. The molecule has 0 unspecified atom stereocenters. The first-order chi connectivity index (χ1) is 11.8. The molecule has 2 aromatic carbocycles. The molecule has 0 saturated carbocycles. The molecule has 0 saturated heterocycles. The van der Waals surface area contributed by atoms with E-state index in [0.717, 1.165) is 22.8 Å². The van der Waals surface area contributed by atoms with Crippen LogP contribution in [0.15, 0.2) is 45.6 Å². The second-order valence-corrected chi connectivity index (χ2v) is 6.86. The monoisotopic (exact) mass is 356 g/mol. The fourth-order valence-electron chi connectivity index (χ4n) is 3.18. The van der Waals surface area contributed by atoms with E-state index in [9.17, 15) is 9.59 Å². The molecule has 0 radical (unpaired) electrons. The number of halogens is 1. The highest BCUT2D eigenvalue weighted by molar-refractivity contribution is 6.31. The van der Waals surface area contributed by atoms with Crippen molar-refractivity contribution >= 4 is 28.5 Å². The van der Waals surface area contributed by atoms with Crippen LogP contribution in [-0.4, -0.2) is 11.1 Å². The Bertz CT molecular complexity index is 1110. The summed E-state index contributed by atoms with van der Waals surface area (Å²) in [5.74, 6) is -1.19. The SMILES string of the molecule is CC1(C)Oc2cc3oc(C(=O)O)cc(=O)c3cc2-c2cc(Cl)ccc21. The van der Waals surface area contributed by atoms with Gasteiger partial charge in [-0.05, 0) is 37.6 Å². The van der Waals surface area contributed by atoms with Crippen LogP contribution >= 0.6 is 11.6 Å². The molecule has 0 spiro atoms. The van der Waals surface area contributed by atoms with E-state index in [0.29, 0.717) is 10.8 Å². The standard InChI is InChI=1S/C19H13ClO5/c1-19(2)13-4-3-9(20)5-10(13)11-6-12-14(21)7-17(18(22)23)24-15(12)8-16(11)25-19/h3-8H,1-2H3,(H,22,23). The van der Waals surface area contributed by atoms with Crippen molar-refractivity contribution in [2.75, 3.05) is 0 Å². The molecule has 4 rings (SSSR count). The van der Waals surface area contributed by atoms with Gasteiger partial charge < -0.3 is 14.3 Å². The van der Waals surface area contributed by atoms with Crippen LogP contribution in [0.25, 0.3) is 22.1 Å². The minimum Gasteiger partial charge on any atom is -0.482 e. The smallest absolute Gasteiger partial charge is 0.371 e. The van der Waals surface area contributed by atoms with Gasteiger partial charge in [0.05, 0.1) is 5.39 Å². The first-order valence-electron chi connectivity index (χ1n) is 7.61. The van der Waals surface area contributed by atoms with Gasteiger partial charge in [0.25, 0.3) is 0 Å². The number of aromatic carboxylic acids is 1. The predicted octanol–water partition coefficient (Wildman–Crippen LogP) is 4.44. The molecule has 1 aromatic heterocycles. The highest BCUT2D eigenvalue weighted by Gasteiger charge is 2.33. The van der Waals surface area contributed by atoms with Crippen LogP contribution < -0.4 is 10.2 Å². The molecule has 1 aliphatic heterocycles. The summed E-state index contributed by atoms with van der Waals surface area (Å²) >= 11 is 6.16. The first-order valence-corrected chi connectivity index (χ1v) is 7.99. The zero-order valence-corrected chi connectivity index (χ0v) is 14.2. The summed E-state index contributed by atoms with van der Waals surface area (Å²) in [4.78, 5) is 23.4. The number of carboxylic acid groups (broad SMARTS) is 1. The average molecular weight is 357 g/mol. The van der Waals surface area contributed by atoms with Gasteiger partial charge in [0, 0.05) is 28.3 Å². The molecule has 25 heavy (non-hydrogen) atoms. The Labute approximate surface area is 147 Å². The molecule has 1 aliphatic rings. The maximum Gasteiger partial charge on any atom is 0.371 e. The van der Waals surface area contributed by atoms with Gasteiger partial charge in [0.2, 0.25) is 5.76 Å². The van der Waals surface area contributed by atoms with Crippen LogP contribution in [0.5, 0.6) is 5.75 Å². The second kappa shape index (κ2) is 5.10. The molecule has 126 valence electrons. The van der Waals surface area contributed by atoms with E-state index >= 15 is 0 Å². The first kappa shape index (κ1) is 15.7. The van der Waals surface area contributed by atoms with Gasteiger partial charge in [0.1, 0.15) is 16.9 Å². The van der Waals surface area contributed by atoms with Crippen LogP contribution in [0.2, 0.25) is 5.02 Å². The summed E-state index contributed by atoms with van der Waals surface area (Å²) in [6.45, 7) is 3.85. The van der Waals surface area contributed by atoms with Gasteiger partial charge >= 0.3 is 5.97 Å². The van der Waals surface area contributed by atoms with Crippen molar-refractivity contribution in [1.82, 2.24) is 0 Å². The second-order valence-electron chi connectivity index (χ2n) is 6.43. The Morgan fingerprint density at radius 3 is 2.60 bits per heavy atom. The van der Waals surface area contributed by atoms with Crippen molar-refractivity contribution in [3.05, 3.63) is 63.0 Å². The zero-order chi connectivity index (χ0) is 17.9. The minimum absolute atomic E-state index is 0.171. The quantitative estimate of drug-likeness (QED) is 0.697. The van der Waals surface area contributed by atoms with E-state index in [2.05, 4.69) is 0 Å². The van der Waals surface area contributed by atoms with Crippen molar-refractivity contribution in [2.24, 2.45) is 0 Å². The van der Waals surface area contributed by atoms with E-state index in [1.54, 1.807) is 18.2 Å². The fraction of sp³-hybridized carbons (Fsp3) is 0.158. The number of rotatable bonds is 1. The number of benzene rings is 2. The van der Waals surface area contributed by atoms with Crippen LogP contribution in [0.3, 0.4) is 0 Å². The summed E-state index contributed by atoms with van der Waals surface area (Å²) < 4.78 is 11.4. The predicted molar refractivity (Wildman–Crippen MR) is 93.5 cm³/mol. The van der Waals surface area contributed by atoms with Crippen LogP contribution in [0.1, 0.15) is 30.0 Å². The van der Waals surface area contributed by atoms with Crippen molar-refractivity contribution in [3.8, 4) is 16.9 Å². The lowest BCUT2D eigenvalue weighted by molar-refractivity contribution is 0.0662. The fourth-order valence-corrected chi connectivity index (χ4v) is 3.35. The molecule has 0 bridgehead atoms. The Kier molecular flexibility index (Phi) is 3.21. The lowest BCUT2D eigenvalue weighted by Gasteiger charge is -2.35. The summed E-state index contributed by atoms with van der Waals surface area (Å²) in [5.41, 5.74) is 1.70. The van der Waals surface area contributed by atoms with Gasteiger partial charge in [0.15, 0.2) is 5.43 Å². The molecular weight excluding hydrogens is 344 g/mol. The Morgan fingerprint density at radius 1 is 1.12 bits per heavy atom. The molecule has 6 heteroatoms. The Balaban J connectivity index is 2.07. The number of fused-ring (bicyclic) bond motifs is 4. The van der Waals surface area contributed by atoms with Crippen molar-refractivity contribution < 1.29 is 19.1 Å². The van der Waals surface area contributed by atoms with Crippen molar-refractivity contribution in [1.29, 1.82) is 0 Å². The number of ether oxygens (including phenoxy) is 1.